The minimum absolute atomic E-state index is 0. The second-order valence-corrected chi connectivity index (χ2v) is 7.88. The molecule has 3 rings (SSSR count). The molecule has 2 atom stereocenters. The quantitative estimate of drug-likeness (QED) is 0.728. The van der Waals surface area contributed by atoms with Gasteiger partial charge in [-0.1, -0.05) is 11.6 Å². The van der Waals surface area contributed by atoms with Crippen LogP contribution in [0.5, 0.6) is 5.75 Å². The van der Waals surface area contributed by atoms with Crippen molar-refractivity contribution < 1.29 is 14.3 Å². The number of carbonyl (C=O) groups is 2. The molecule has 6 nitrogen and oxygen atoms in total. The first-order valence-electron chi connectivity index (χ1n) is 9.71. The molecule has 2 amide bonds. The molecular formula is C20H29Cl2N3O3. The van der Waals surface area contributed by atoms with Gasteiger partial charge in [-0.15, -0.1) is 12.4 Å². The standard InChI is InChI=1S/C20H28ClN3O3.ClH/c1-14-10-16(21)6-7-18(14)27-13-19(25)24-9-3-4-15(12-24)11-23-20(26)17-5-2-8-22-17;/h6-7,10,15,17,22H,2-5,8-9,11-13H2,1H3,(H,23,26);1H. The molecule has 2 heterocycles. The van der Waals surface area contributed by atoms with Gasteiger partial charge in [0.05, 0.1) is 6.04 Å². The molecule has 156 valence electrons. The van der Waals surface area contributed by atoms with Crippen molar-refractivity contribution in [2.24, 2.45) is 5.92 Å². The van der Waals surface area contributed by atoms with E-state index in [1.54, 1.807) is 12.1 Å². The number of nitrogens with zero attached hydrogens (tertiary/aromatic N) is 1. The van der Waals surface area contributed by atoms with Gasteiger partial charge in [0.2, 0.25) is 5.91 Å². The summed E-state index contributed by atoms with van der Waals surface area (Å²) in [5, 5.41) is 6.90. The minimum atomic E-state index is -0.0534. The first kappa shape index (κ1) is 22.8. The number of aryl methyl sites for hydroxylation is 1. The number of amides is 2. The van der Waals surface area contributed by atoms with E-state index >= 15 is 0 Å². The Morgan fingerprint density at radius 3 is 2.86 bits per heavy atom. The van der Waals surface area contributed by atoms with Crippen LogP contribution in [0.25, 0.3) is 0 Å². The lowest BCUT2D eigenvalue weighted by atomic mass is 9.97. The third-order valence-electron chi connectivity index (χ3n) is 5.30. The van der Waals surface area contributed by atoms with E-state index in [0.29, 0.717) is 29.8 Å². The molecule has 0 bridgehead atoms. The first-order chi connectivity index (χ1) is 13.0. The van der Waals surface area contributed by atoms with Gasteiger partial charge in [-0.3, -0.25) is 9.59 Å². The van der Waals surface area contributed by atoms with E-state index in [4.69, 9.17) is 16.3 Å². The molecule has 0 aromatic heterocycles. The summed E-state index contributed by atoms with van der Waals surface area (Å²) in [5.74, 6) is 1.04. The van der Waals surface area contributed by atoms with Gasteiger partial charge in [-0.25, -0.2) is 0 Å². The van der Waals surface area contributed by atoms with Gasteiger partial charge in [-0.2, -0.15) is 0 Å². The summed E-state index contributed by atoms with van der Waals surface area (Å²) in [4.78, 5) is 26.5. The maximum Gasteiger partial charge on any atom is 0.260 e. The lowest BCUT2D eigenvalue weighted by Gasteiger charge is -2.33. The summed E-state index contributed by atoms with van der Waals surface area (Å²) in [6.45, 7) is 4.88. The van der Waals surface area contributed by atoms with Crippen LogP contribution < -0.4 is 15.4 Å². The predicted octanol–water partition coefficient (Wildman–Crippen LogP) is 2.56. The summed E-state index contributed by atoms with van der Waals surface area (Å²) in [5.41, 5.74) is 0.912. The smallest absolute Gasteiger partial charge is 0.260 e. The SMILES string of the molecule is Cc1cc(Cl)ccc1OCC(=O)N1CCCC(CNC(=O)C2CCCN2)C1.Cl. The zero-order chi connectivity index (χ0) is 19.2. The summed E-state index contributed by atoms with van der Waals surface area (Å²) < 4.78 is 5.68. The van der Waals surface area contributed by atoms with Crippen LogP contribution in [0.1, 0.15) is 31.2 Å². The van der Waals surface area contributed by atoms with Crippen molar-refractivity contribution in [3.8, 4) is 5.75 Å². The Morgan fingerprint density at radius 2 is 2.14 bits per heavy atom. The zero-order valence-electron chi connectivity index (χ0n) is 16.2. The third kappa shape index (κ3) is 6.26. The monoisotopic (exact) mass is 429 g/mol. The number of halogens is 2. The number of rotatable bonds is 6. The highest BCUT2D eigenvalue weighted by Gasteiger charge is 2.26. The number of benzene rings is 1. The summed E-state index contributed by atoms with van der Waals surface area (Å²) in [7, 11) is 0. The highest BCUT2D eigenvalue weighted by atomic mass is 35.5. The van der Waals surface area contributed by atoms with Crippen LogP contribution in [0.2, 0.25) is 5.02 Å². The van der Waals surface area contributed by atoms with Gasteiger partial charge >= 0.3 is 0 Å². The molecule has 2 aliphatic rings. The van der Waals surface area contributed by atoms with Crippen LogP contribution in [-0.4, -0.2) is 55.5 Å². The number of likely N-dealkylation sites (tertiary alicyclic amines) is 1. The Bertz CT molecular complexity index is 681. The van der Waals surface area contributed by atoms with E-state index in [1.165, 1.54) is 0 Å². The van der Waals surface area contributed by atoms with E-state index in [-0.39, 0.29) is 36.9 Å². The van der Waals surface area contributed by atoms with Gasteiger partial charge in [0, 0.05) is 24.7 Å². The van der Waals surface area contributed by atoms with Crippen LogP contribution in [-0.2, 0) is 9.59 Å². The fourth-order valence-electron chi connectivity index (χ4n) is 3.74. The molecule has 0 saturated carbocycles. The zero-order valence-corrected chi connectivity index (χ0v) is 17.8. The molecule has 2 aliphatic heterocycles. The number of nitrogens with one attached hydrogen (secondary N) is 2. The van der Waals surface area contributed by atoms with Gasteiger partial charge in [0.1, 0.15) is 5.75 Å². The second kappa shape index (κ2) is 10.9. The van der Waals surface area contributed by atoms with E-state index in [0.717, 1.165) is 44.3 Å². The Labute approximate surface area is 177 Å². The van der Waals surface area contributed by atoms with Crippen molar-refractivity contribution in [2.75, 3.05) is 32.8 Å². The molecule has 2 N–H and O–H groups in total. The average molecular weight is 430 g/mol. The number of ether oxygens (including phenoxy) is 1. The molecule has 1 aromatic carbocycles. The van der Waals surface area contributed by atoms with Crippen LogP contribution in [0.4, 0.5) is 0 Å². The molecule has 0 radical (unpaired) electrons. The molecule has 2 saturated heterocycles. The Kier molecular flexibility index (Phi) is 8.86. The Hall–Kier alpha value is -1.50. The van der Waals surface area contributed by atoms with Crippen LogP contribution in [0.3, 0.4) is 0 Å². The lowest BCUT2D eigenvalue weighted by molar-refractivity contribution is -0.135. The van der Waals surface area contributed by atoms with Gasteiger partial charge in [0.25, 0.3) is 5.91 Å². The number of piperidine rings is 1. The number of carbonyl (C=O) groups excluding carboxylic acids is 2. The van der Waals surface area contributed by atoms with Gasteiger partial charge in [-0.05, 0) is 68.8 Å². The van der Waals surface area contributed by atoms with Crippen molar-refractivity contribution >= 4 is 35.8 Å². The molecule has 2 unspecified atom stereocenters. The maximum atomic E-state index is 12.5. The van der Waals surface area contributed by atoms with Crippen molar-refractivity contribution in [1.29, 1.82) is 0 Å². The maximum absolute atomic E-state index is 12.5. The van der Waals surface area contributed by atoms with E-state index < -0.39 is 0 Å². The first-order valence-corrected chi connectivity index (χ1v) is 10.1. The van der Waals surface area contributed by atoms with E-state index in [2.05, 4.69) is 10.6 Å². The predicted molar refractivity (Wildman–Crippen MR) is 112 cm³/mol. The fourth-order valence-corrected chi connectivity index (χ4v) is 3.97. The van der Waals surface area contributed by atoms with Crippen LogP contribution in [0, 0.1) is 12.8 Å². The molecular weight excluding hydrogens is 401 g/mol. The van der Waals surface area contributed by atoms with Crippen LogP contribution >= 0.6 is 24.0 Å². The van der Waals surface area contributed by atoms with E-state index in [9.17, 15) is 9.59 Å². The topological polar surface area (TPSA) is 70.7 Å². The van der Waals surface area contributed by atoms with Crippen molar-refractivity contribution in [3.63, 3.8) is 0 Å². The molecule has 28 heavy (non-hydrogen) atoms. The van der Waals surface area contributed by atoms with Crippen LogP contribution in [0.15, 0.2) is 18.2 Å². The average Bonchev–Trinajstić information content (AvgIpc) is 3.20. The molecule has 8 heteroatoms. The van der Waals surface area contributed by atoms with E-state index in [1.807, 2.05) is 17.9 Å². The summed E-state index contributed by atoms with van der Waals surface area (Å²) in [6, 6.07) is 5.31. The Morgan fingerprint density at radius 1 is 1.32 bits per heavy atom. The van der Waals surface area contributed by atoms with Crippen molar-refractivity contribution in [2.45, 2.75) is 38.6 Å². The minimum Gasteiger partial charge on any atom is -0.483 e. The lowest BCUT2D eigenvalue weighted by Crippen LogP contribution is -2.47. The summed E-state index contributed by atoms with van der Waals surface area (Å²) >= 11 is 5.95. The molecule has 0 aliphatic carbocycles. The van der Waals surface area contributed by atoms with Crippen molar-refractivity contribution in [1.82, 2.24) is 15.5 Å². The van der Waals surface area contributed by atoms with Gasteiger partial charge in [0.15, 0.2) is 6.61 Å². The molecule has 2 fully saturated rings. The van der Waals surface area contributed by atoms with Gasteiger partial charge < -0.3 is 20.3 Å². The normalized spacial score (nSPS) is 21.7. The van der Waals surface area contributed by atoms with Crippen molar-refractivity contribution in [3.05, 3.63) is 28.8 Å². The molecule has 1 aromatic rings. The Balaban J connectivity index is 0.00000280. The fraction of sp³-hybridized carbons (Fsp3) is 0.600. The highest BCUT2D eigenvalue weighted by molar-refractivity contribution is 6.30. The number of hydrogen-bond donors (Lipinski definition) is 2. The number of hydrogen-bond acceptors (Lipinski definition) is 4. The third-order valence-corrected chi connectivity index (χ3v) is 5.54. The second-order valence-electron chi connectivity index (χ2n) is 7.44. The largest absolute Gasteiger partial charge is 0.483 e. The summed E-state index contributed by atoms with van der Waals surface area (Å²) in [6.07, 6.45) is 3.94. The highest BCUT2D eigenvalue weighted by Crippen LogP contribution is 2.22. The molecule has 0 spiro atoms.